The van der Waals surface area contributed by atoms with Crippen LogP contribution in [0.4, 0.5) is 0 Å². The highest BCUT2D eigenvalue weighted by Crippen LogP contribution is 2.37. The average molecular weight is 545 g/mol. The first-order chi connectivity index (χ1) is 19.6. The summed E-state index contributed by atoms with van der Waals surface area (Å²) in [5, 5.41) is 7.16. The van der Waals surface area contributed by atoms with E-state index in [9.17, 15) is 0 Å². The Morgan fingerprint density at radius 2 is 1.55 bits per heavy atom. The smallest absolute Gasteiger partial charge is 0.0988 e. The molecule has 0 N–H and O–H groups in total. The fraction of sp³-hybridized carbons (Fsp3) is 0.514. The summed E-state index contributed by atoms with van der Waals surface area (Å²) >= 11 is 0. The molecule has 5 heteroatoms. The lowest BCUT2D eigenvalue weighted by molar-refractivity contribution is -0.150. The van der Waals surface area contributed by atoms with Crippen LogP contribution in [0, 0.1) is 5.41 Å². The highest BCUT2D eigenvalue weighted by molar-refractivity contribution is 6.24. The molecule has 1 atom stereocenters. The van der Waals surface area contributed by atoms with Crippen molar-refractivity contribution in [2.24, 2.45) is 10.5 Å². The van der Waals surface area contributed by atoms with Gasteiger partial charge in [-0.2, -0.15) is 5.10 Å². The molecule has 2 aromatic rings. The molecule has 1 fully saturated rings. The van der Waals surface area contributed by atoms with Crippen LogP contribution in [0.15, 0.2) is 77.9 Å². The van der Waals surface area contributed by atoms with Gasteiger partial charge >= 0.3 is 0 Å². The lowest BCUT2D eigenvalue weighted by Crippen LogP contribution is -2.45. The van der Waals surface area contributed by atoms with Gasteiger partial charge in [0.2, 0.25) is 0 Å². The SMILES string of the molecule is C=C/C(=C\CC(C)N(C)N=C1c2ccccc2-c2ccccc21)CCOCCCCCCOCC1(CC)COC1. The van der Waals surface area contributed by atoms with E-state index in [-0.39, 0.29) is 6.04 Å². The minimum absolute atomic E-state index is 0.266. The van der Waals surface area contributed by atoms with E-state index in [1.165, 1.54) is 40.7 Å². The Balaban J connectivity index is 1.12. The van der Waals surface area contributed by atoms with Gasteiger partial charge in [-0.3, -0.25) is 5.01 Å². The van der Waals surface area contributed by atoms with E-state index in [0.717, 1.165) is 77.5 Å². The number of benzene rings is 2. The monoisotopic (exact) mass is 544 g/mol. The van der Waals surface area contributed by atoms with Crippen molar-refractivity contribution in [3.63, 3.8) is 0 Å². The molecule has 40 heavy (non-hydrogen) atoms. The highest BCUT2D eigenvalue weighted by Gasteiger charge is 2.36. The number of hydrogen-bond acceptors (Lipinski definition) is 5. The summed E-state index contributed by atoms with van der Waals surface area (Å²) in [7, 11) is 2.07. The Kier molecular flexibility index (Phi) is 11.6. The molecule has 1 aliphatic carbocycles. The van der Waals surface area contributed by atoms with Gasteiger partial charge in [0.1, 0.15) is 0 Å². The molecule has 0 amide bonds. The van der Waals surface area contributed by atoms with Gasteiger partial charge in [0, 0.05) is 42.8 Å². The largest absolute Gasteiger partial charge is 0.381 e. The van der Waals surface area contributed by atoms with E-state index < -0.39 is 0 Å². The first-order valence-electron chi connectivity index (χ1n) is 15.1. The van der Waals surface area contributed by atoms with Crippen LogP contribution in [0.1, 0.15) is 69.9 Å². The fourth-order valence-electron chi connectivity index (χ4n) is 5.24. The minimum atomic E-state index is 0.266. The topological polar surface area (TPSA) is 43.3 Å². The lowest BCUT2D eigenvalue weighted by Gasteiger charge is -2.40. The van der Waals surface area contributed by atoms with Crippen LogP contribution >= 0.6 is 0 Å². The lowest BCUT2D eigenvalue weighted by atomic mass is 9.84. The molecular formula is C35H48N2O3. The third kappa shape index (κ3) is 7.93. The second-order valence-corrected chi connectivity index (χ2v) is 11.4. The number of ether oxygens (including phenoxy) is 3. The third-order valence-electron chi connectivity index (χ3n) is 8.37. The molecule has 0 spiro atoms. The normalized spacial score (nSPS) is 16.2. The Labute approximate surface area is 241 Å². The van der Waals surface area contributed by atoms with Crippen LogP contribution < -0.4 is 0 Å². The molecule has 0 aromatic heterocycles. The predicted molar refractivity (Wildman–Crippen MR) is 166 cm³/mol. The molecule has 1 saturated heterocycles. The second kappa shape index (κ2) is 15.3. The van der Waals surface area contributed by atoms with Gasteiger partial charge in [-0.05, 0) is 50.2 Å². The molecule has 0 saturated carbocycles. The summed E-state index contributed by atoms with van der Waals surface area (Å²) in [6, 6.07) is 17.4. The molecule has 2 aromatic carbocycles. The predicted octanol–water partition coefficient (Wildman–Crippen LogP) is 7.65. The molecule has 0 bridgehead atoms. The number of unbranched alkanes of at least 4 members (excludes halogenated alkanes) is 3. The van der Waals surface area contributed by atoms with E-state index in [1.54, 1.807) is 0 Å². The molecule has 2 aliphatic rings. The molecule has 1 unspecified atom stereocenters. The molecule has 1 aliphatic heterocycles. The first-order valence-corrected chi connectivity index (χ1v) is 15.1. The summed E-state index contributed by atoms with van der Waals surface area (Å²) < 4.78 is 17.2. The zero-order valence-corrected chi connectivity index (χ0v) is 24.9. The molecular weight excluding hydrogens is 496 g/mol. The maximum Gasteiger partial charge on any atom is 0.0988 e. The zero-order valence-electron chi connectivity index (χ0n) is 24.9. The van der Waals surface area contributed by atoms with E-state index in [1.807, 2.05) is 6.08 Å². The van der Waals surface area contributed by atoms with Crippen LogP contribution in [0.2, 0.25) is 0 Å². The van der Waals surface area contributed by atoms with Gasteiger partial charge in [-0.15, -0.1) is 0 Å². The van der Waals surface area contributed by atoms with Crippen molar-refractivity contribution in [2.45, 2.75) is 64.8 Å². The molecule has 4 rings (SSSR count). The summed E-state index contributed by atoms with van der Waals surface area (Å²) in [5.41, 5.74) is 7.54. The standard InChI is InChI=1S/C35H48N2O3/c1-5-29(21-24-38-22-13-7-8-14-23-39-25-35(6-2)26-40-27-35)20-19-28(3)37(4)36-34-32-17-11-9-15-30(32)31-16-10-12-18-33(31)34/h5,9-12,15-18,20,28H,1,6-8,13-14,19,21-27H2,2-4H3/b29-20+. The summed E-state index contributed by atoms with van der Waals surface area (Å²) in [5.74, 6) is 0. The Bertz CT molecular complexity index is 1100. The van der Waals surface area contributed by atoms with Gasteiger partial charge in [-0.25, -0.2) is 0 Å². The number of rotatable bonds is 18. The molecule has 0 radical (unpaired) electrons. The van der Waals surface area contributed by atoms with Gasteiger partial charge in [0.15, 0.2) is 0 Å². The maximum absolute atomic E-state index is 5.92. The number of allylic oxidation sites excluding steroid dienone is 1. The number of hydrogen-bond donors (Lipinski definition) is 0. The molecule has 1 heterocycles. The van der Waals surface area contributed by atoms with Crippen LogP contribution in [0.5, 0.6) is 0 Å². The second-order valence-electron chi connectivity index (χ2n) is 11.4. The van der Waals surface area contributed by atoms with Crippen molar-refractivity contribution in [3.05, 3.63) is 84.0 Å². The van der Waals surface area contributed by atoms with E-state index >= 15 is 0 Å². The number of nitrogens with zero attached hydrogens (tertiary/aromatic N) is 2. The van der Waals surface area contributed by atoms with E-state index in [2.05, 4.69) is 87.1 Å². The minimum Gasteiger partial charge on any atom is -0.381 e. The van der Waals surface area contributed by atoms with Crippen molar-refractivity contribution in [1.29, 1.82) is 0 Å². The summed E-state index contributed by atoms with van der Waals surface area (Å²) in [6.45, 7) is 13.5. The maximum atomic E-state index is 5.92. The van der Waals surface area contributed by atoms with Gasteiger partial charge < -0.3 is 14.2 Å². The van der Waals surface area contributed by atoms with Gasteiger partial charge in [0.05, 0.1) is 32.1 Å². The number of fused-ring (bicyclic) bond motifs is 3. The number of hydrazone groups is 1. The quantitative estimate of drug-likeness (QED) is 0.0937. The van der Waals surface area contributed by atoms with Crippen molar-refractivity contribution in [2.75, 3.05) is 46.7 Å². The Hall–Kier alpha value is -2.73. The van der Waals surface area contributed by atoms with Gasteiger partial charge in [-0.1, -0.05) is 92.6 Å². The van der Waals surface area contributed by atoms with E-state index in [0.29, 0.717) is 5.41 Å². The summed E-state index contributed by atoms with van der Waals surface area (Å²) in [6.07, 6.45) is 11.8. The third-order valence-corrected chi connectivity index (χ3v) is 8.37. The fourth-order valence-corrected chi connectivity index (χ4v) is 5.24. The van der Waals surface area contributed by atoms with Crippen LogP contribution in [0.3, 0.4) is 0 Å². The average Bonchev–Trinajstić information content (AvgIpc) is 3.27. The van der Waals surface area contributed by atoms with Gasteiger partial charge in [0.25, 0.3) is 0 Å². The summed E-state index contributed by atoms with van der Waals surface area (Å²) in [4.78, 5) is 0. The van der Waals surface area contributed by atoms with Crippen molar-refractivity contribution >= 4 is 5.71 Å². The van der Waals surface area contributed by atoms with Crippen molar-refractivity contribution in [1.82, 2.24) is 5.01 Å². The molecule has 216 valence electrons. The van der Waals surface area contributed by atoms with E-state index in [4.69, 9.17) is 19.3 Å². The van der Waals surface area contributed by atoms with Crippen LogP contribution in [-0.4, -0.2) is 63.5 Å². The molecule has 5 nitrogen and oxygen atoms in total. The van der Waals surface area contributed by atoms with Crippen LogP contribution in [0.25, 0.3) is 11.1 Å². The highest BCUT2D eigenvalue weighted by atomic mass is 16.5. The zero-order chi connectivity index (χ0) is 28.2. The van der Waals surface area contributed by atoms with Crippen molar-refractivity contribution in [3.8, 4) is 11.1 Å². The van der Waals surface area contributed by atoms with Crippen molar-refractivity contribution < 1.29 is 14.2 Å². The first kappa shape index (κ1) is 30.2. The Morgan fingerprint density at radius 1 is 0.950 bits per heavy atom. The Morgan fingerprint density at radius 3 is 2.10 bits per heavy atom. The van der Waals surface area contributed by atoms with Crippen LogP contribution in [-0.2, 0) is 14.2 Å².